The largest absolute Gasteiger partial charge is 0.329 e. The Kier molecular flexibility index (Phi) is 1.69. The van der Waals surface area contributed by atoms with Crippen molar-refractivity contribution < 1.29 is 0 Å². The zero-order chi connectivity index (χ0) is 10.4. The maximum Gasteiger partial charge on any atom is 0.281 e. The molecule has 76 valence electrons. The maximum atomic E-state index is 11.8. The lowest BCUT2D eigenvalue weighted by atomic mass is 10.1. The molecule has 15 heavy (non-hydrogen) atoms. The highest BCUT2D eigenvalue weighted by Gasteiger charge is 2.15. The molecule has 0 amide bonds. The molecule has 2 aromatic rings. The normalized spacial score (nSPS) is 14.5. The van der Waals surface area contributed by atoms with E-state index in [0.717, 1.165) is 41.7 Å². The van der Waals surface area contributed by atoms with Gasteiger partial charge in [0.15, 0.2) is 0 Å². The van der Waals surface area contributed by atoms with Crippen LogP contribution < -0.4 is 5.56 Å². The lowest BCUT2D eigenvalue weighted by Crippen LogP contribution is -2.15. The van der Waals surface area contributed by atoms with Crippen molar-refractivity contribution in [2.75, 3.05) is 0 Å². The third kappa shape index (κ3) is 1.12. The number of rotatable bonds is 0. The predicted octanol–water partition coefficient (Wildman–Crippen LogP) is 1.65. The number of fused-ring (bicyclic) bond motifs is 3. The van der Waals surface area contributed by atoms with Crippen molar-refractivity contribution in [1.29, 1.82) is 0 Å². The summed E-state index contributed by atoms with van der Waals surface area (Å²) in [5.41, 5.74) is 1.99. The average molecular weight is 200 g/mol. The first kappa shape index (κ1) is 8.65. The van der Waals surface area contributed by atoms with Gasteiger partial charge in [-0.15, -0.1) is 0 Å². The first-order valence-electron chi connectivity index (χ1n) is 5.26. The van der Waals surface area contributed by atoms with E-state index in [1.54, 1.807) is 0 Å². The second-order valence-corrected chi connectivity index (χ2v) is 4.06. The predicted molar refractivity (Wildman–Crippen MR) is 59.1 cm³/mol. The smallest absolute Gasteiger partial charge is 0.281 e. The summed E-state index contributed by atoms with van der Waals surface area (Å²) < 4.78 is 2.17. The number of nitrogens with zero attached hydrogens (tertiary/aromatic N) is 2. The highest BCUT2D eigenvalue weighted by Crippen LogP contribution is 2.20. The Bertz CT molecular complexity index is 598. The van der Waals surface area contributed by atoms with Crippen LogP contribution in [0.5, 0.6) is 0 Å². The highest BCUT2D eigenvalue weighted by atomic mass is 16.1. The summed E-state index contributed by atoms with van der Waals surface area (Å²) in [7, 11) is 0. The molecule has 2 heterocycles. The van der Waals surface area contributed by atoms with E-state index < -0.39 is 0 Å². The molecule has 1 aliphatic heterocycles. The van der Waals surface area contributed by atoms with E-state index in [-0.39, 0.29) is 5.56 Å². The summed E-state index contributed by atoms with van der Waals surface area (Å²) in [6.07, 6.45) is 2.03. The Morgan fingerprint density at radius 3 is 3.13 bits per heavy atom. The second kappa shape index (κ2) is 2.92. The van der Waals surface area contributed by atoms with Gasteiger partial charge < -0.3 is 4.57 Å². The van der Waals surface area contributed by atoms with E-state index in [2.05, 4.69) is 9.55 Å². The van der Waals surface area contributed by atoms with Crippen LogP contribution in [-0.4, -0.2) is 9.55 Å². The lowest BCUT2D eigenvalue weighted by Gasteiger charge is -2.08. The van der Waals surface area contributed by atoms with Crippen LogP contribution >= 0.6 is 0 Å². The Balaban J connectivity index is 2.56. The molecule has 0 unspecified atom stereocenters. The number of hydrogen-bond acceptors (Lipinski definition) is 2. The Morgan fingerprint density at radius 1 is 1.40 bits per heavy atom. The van der Waals surface area contributed by atoms with Gasteiger partial charge in [-0.2, -0.15) is 4.98 Å². The second-order valence-electron chi connectivity index (χ2n) is 4.06. The highest BCUT2D eigenvalue weighted by molar-refractivity contribution is 5.81. The van der Waals surface area contributed by atoms with Crippen LogP contribution in [0.3, 0.4) is 0 Å². The van der Waals surface area contributed by atoms with Crippen LogP contribution in [-0.2, 0) is 13.0 Å². The first-order valence-corrected chi connectivity index (χ1v) is 5.26. The van der Waals surface area contributed by atoms with E-state index in [1.165, 1.54) is 0 Å². The molecule has 0 saturated carbocycles. The van der Waals surface area contributed by atoms with Gasteiger partial charge in [-0.1, -0.05) is 12.1 Å². The van der Waals surface area contributed by atoms with Gasteiger partial charge in [-0.05, 0) is 25.0 Å². The summed E-state index contributed by atoms with van der Waals surface area (Å²) >= 11 is 0. The summed E-state index contributed by atoms with van der Waals surface area (Å²) in [6, 6.07) is 5.98. The molecule has 1 aromatic heterocycles. The summed E-state index contributed by atoms with van der Waals surface area (Å²) in [5, 5.41) is 0.781. The lowest BCUT2D eigenvalue weighted by molar-refractivity contribution is 0.762. The first-order chi connectivity index (χ1) is 7.27. The van der Waals surface area contributed by atoms with Crippen LogP contribution in [0.15, 0.2) is 23.0 Å². The number of aromatic nitrogens is 2. The summed E-state index contributed by atoms with van der Waals surface area (Å²) in [6.45, 7) is 2.95. The third-order valence-electron chi connectivity index (χ3n) is 3.08. The van der Waals surface area contributed by atoms with Crippen molar-refractivity contribution in [3.8, 4) is 0 Å². The van der Waals surface area contributed by atoms with Crippen molar-refractivity contribution in [1.82, 2.24) is 9.55 Å². The monoisotopic (exact) mass is 200 g/mol. The number of hydrogen-bond donors (Lipinski definition) is 0. The molecule has 1 aromatic carbocycles. The molecule has 0 bridgehead atoms. The van der Waals surface area contributed by atoms with Gasteiger partial charge in [-0.25, -0.2) is 0 Å². The van der Waals surface area contributed by atoms with E-state index in [9.17, 15) is 4.79 Å². The molecule has 0 atom stereocenters. The summed E-state index contributed by atoms with van der Waals surface area (Å²) in [4.78, 5) is 16.0. The standard InChI is InChI=1S/C12H12N2O/c1-8-4-2-5-9-11(8)12(15)13-10-6-3-7-14(9)10/h2,4-5H,3,6-7H2,1H3. The SMILES string of the molecule is Cc1cccc2c1c(=O)nc1n2CCC1. The van der Waals surface area contributed by atoms with E-state index in [4.69, 9.17) is 0 Å². The zero-order valence-electron chi connectivity index (χ0n) is 8.66. The van der Waals surface area contributed by atoms with Crippen molar-refractivity contribution in [2.24, 2.45) is 0 Å². The van der Waals surface area contributed by atoms with Gasteiger partial charge >= 0.3 is 0 Å². The maximum absolute atomic E-state index is 11.8. The molecule has 0 fully saturated rings. The van der Waals surface area contributed by atoms with Gasteiger partial charge in [0.2, 0.25) is 0 Å². The van der Waals surface area contributed by atoms with Crippen LogP contribution in [0.1, 0.15) is 17.8 Å². The quantitative estimate of drug-likeness (QED) is 0.648. The van der Waals surface area contributed by atoms with Crippen molar-refractivity contribution in [3.05, 3.63) is 39.9 Å². The van der Waals surface area contributed by atoms with Crippen LogP contribution in [0.2, 0.25) is 0 Å². The molecule has 0 N–H and O–H groups in total. The number of aryl methyl sites for hydroxylation is 3. The van der Waals surface area contributed by atoms with Crippen LogP contribution in [0.25, 0.3) is 10.9 Å². The molecule has 3 rings (SSSR count). The fourth-order valence-corrected chi connectivity index (χ4v) is 2.36. The molecule has 1 aliphatic rings. The minimum absolute atomic E-state index is 0.0729. The van der Waals surface area contributed by atoms with E-state index in [1.807, 2.05) is 25.1 Å². The van der Waals surface area contributed by atoms with Gasteiger partial charge in [0.25, 0.3) is 5.56 Å². The minimum atomic E-state index is -0.0729. The molecule has 0 spiro atoms. The van der Waals surface area contributed by atoms with Gasteiger partial charge in [0.05, 0.1) is 10.9 Å². The molecule has 0 saturated heterocycles. The Hall–Kier alpha value is -1.64. The summed E-state index contributed by atoms with van der Waals surface area (Å²) in [5.74, 6) is 0.943. The van der Waals surface area contributed by atoms with Crippen molar-refractivity contribution >= 4 is 10.9 Å². The molecule has 3 nitrogen and oxygen atoms in total. The van der Waals surface area contributed by atoms with Gasteiger partial charge in [-0.3, -0.25) is 4.79 Å². The van der Waals surface area contributed by atoms with Crippen LogP contribution in [0.4, 0.5) is 0 Å². The van der Waals surface area contributed by atoms with Crippen molar-refractivity contribution in [2.45, 2.75) is 26.3 Å². The Labute approximate surface area is 87.4 Å². The van der Waals surface area contributed by atoms with Crippen LogP contribution in [0, 0.1) is 6.92 Å². The molecule has 3 heteroatoms. The van der Waals surface area contributed by atoms with E-state index in [0.29, 0.717) is 0 Å². The minimum Gasteiger partial charge on any atom is -0.329 e. The Morgan fingerprint density at radius 2 is 2.27 bits per heavy atom. The van der Waals surface area contributed by atoms with E-state index >= 15 is 0 Å². The molecule has 0 radical (unpaired) electrons. The van der Waals surface area contributed by atoms with Crippen molar-refractivity contribution in [3.63, 3.8) is 0 Å². The van der Waals surface area contributed by atoms with Gasteiger partial charge in [0, 0.05) is 13.0 Å². The number of benzene rings is 1. The third-order valence-corrected chi connectivity index (χ3v) is 3.08. The topological polar surface area (TPSA) is 34.9 Å². The average Bonchev–Trinajstić information content (AvgIpc) is 2.65. The zero-order valence-corrected chi connectivity index (χ0v) is 8.66. The molecular weight excluding hydrogens is 188 g/mol. The molecular formula is C12H12N2O. The van der Waals surface area contributed by atoms with Gasteiger partial charge in [0.1, 0.15) is 5.82 Å². The fraction of sp³-hybridized carbons (Fsp3) is 0.333. The molecule has 0 aliphatic carbocycles. The fourth-order valence-electron chi connectivity index (χ4n) is 2.36.